The molecule has 65 heavy (non-hydrogen) atoms. The zero-order valence-corrected chi connectivity index (χ0v) is 41.7. The van der Waals surface area contributed by atoms with E-state index in [1.807, 2.05) is 12.2 Å². The van der Waals surface area contributed by atoms with Crippen molar-refractivity contribution in [1.29, 1.82) is 0 Å². The van der Waals surface area contributed by atoms with E-state index >= 15 is 0 Å². The second kappa shape index (κ2) is 52.4. The number of esters is 3. The summed E-state index contributed by atoms with van der Waals surface area (Å²) in [7, 11) is 0. The molecule has 366 valence electrons. The van der Waals surface area contributed by atoms with E-state index in [1.54, 1.807) is 0 Å². The molecule has 0 N–H and O–H groups in total. The van der Waals surface area contributed by atoms with Gasteiger partial charge in [0.05, 0.1) is 0 Å². The standard InChI is InChI=1S/C59H94O6/c1-4-7-10-13-16-19-22-24-26-28-30-32-33-35-37-40-43-46-49-52-58(61)64-55-56(54-63-57(60)51-48-45-42-39-21-18-15-12-9-6-3)65-59(62)53-50-47-44-41-38-36-34-31-29-27-25-23-20-17-14-11-8-5-2/h7,10,15-16,18-19,23-27,29-32,34-35,37,43,46,56H,4-6,8-9,11-14,17,20-22,28,33,36,38-42,44-45,47-55H2,1-3H3/b10-7-,18-15-,19-16-,25-23-,26-24-,29-27-,32-30-,34-31-,37-35-,46-43-. The van der Waals surface area contributed by atoms with Crippen molar-refractivity contribution in [2.45, 2.75) is 219 Å². The van der Waals surface area contributed by atoms with Crippen LogP contribution in [-0.4, -0.2) is 37.2 Å². The Balaban J connectivity index is 4.54. The summed E-state index contributed by atoms with van der Waals surface area (Å²) in [6, 6.07) is 0. The van der Waals surface area contributed by atoms with Crippen molar-refractivity contribution in [1.82, 2.24) is 0 Å². The largest absolute Gasteiger partial charge is 0.462 e. The van der Waals surface area contributed by atoms with Crippen molar-refractivity contribution in [3.05, 3.63) is 122 Å². The average molecular weight is 899 g/mol. The Labute approximate surface area is 399 Å². The number of unbranched alkanes of at least 4 members (excludes halogenated alkanes) is 16. The number of ether oxygens (including phenoxy) is 3. The van der Waals surface area contributed by atoms with Gasteiger partial charge in [-0.3, -0.25) is 14.4 Å². The van der Waals surface area contributed by atoms with Crippen molar-refractivity contribution in [2.75, 3.05) is 13.2 Å². The van der Waals surface area contributed by atoms with Gasteiger partial charge in [-0.2, -0.15) is 0 Å². The molecule has 0 aromatic heterocycles. The highest BCUT2D eigenvalue weighted by atomic mass is 16.6. The Hall–Kier alpha value is -4.19. The summed E-state index contributed by atoms with van der Waals surface area (Å²) in [5, 5.41) is 0. The van der Waals surface area contributed by atoms with Crippen LogP contribution in [0.4, 0.5) is 0 Å². The summed E-state index contributed by atoms with van der Waals surface area (Å²) < 4.78 is 16.7. The minimum atomic E-state index is -0.826. The molecule has 6 heteroatoms. The lowest BCUT2D eigenvalue weighted by Gasteiger charge is -2.18. The van der Waals surface area contributed by atoms with Crippen molar-refractivity contribution >= 4 is 17.9 Å². The van der Waals surface area contributed by atoms with Crippen LogP contribution < -0.4 is 0 Å². The Morgan fingerprint density at radius 1 is 0.338 bits per heavy atom. The molecular weight excluding hydrogens is 805 g/mol. The number of allylic oxidation sites excluding steroid dienone is 20. The number of rotatable bonds is 45. The Morgan fingerprint density at radius 2 is 0.708 bits per heavy atom. The van der Waals surface area contributed by atoms with Gasteiger partial charge < -0.3 is 14.2 Å². The predicted octanol–water partition coefficient (Wildman–Crippen LogP) is 17.3. The van der Waals surface area contributed by atoms with Crippen LogP contribution >= 0.6 is 0 Å². The summed E-state index contributed by atoms with van der Waals surface area (Å²) in [5.74, 6) is -1.05. The molecule has 0 rings (SSSR count). The molecule has 0 aliphatic heterocycles. The molecule has 0 saturated carbocycles. The van der Waals surface area contributed by atoms with Gasteiger partial charge in [0.15, 0.2) is 6.10 Å². The molecule has 1 atom stereocenters. The number of hydrogen-bond acceptors (Lipinski definition) is 6. The summed E-state index contributed by atoms with van der Waals surface area (Å²) >= 11 is 0. The fourth-order valence-corrected chi connectivity index (χ4v) is 6.57. The van der Waals surface area contributed by atoms with Crippen LogP contribution in [0.2, 0.25) is 0 Å². The first-order chi connectivity index (χ1) is 32.0. The third-order valence-electron chi connectivity index (χ3n) is 10.5. The first-order valence-electron chi connectivity index (χ1n) is 26.1. The van der Waals surface area contributed by atoms with Gasteiger partial charge >= 0.3 is 17.9 Å². The molecule has 0 amide bonds. The van der Waals surface area contributed by atoms with Crippen molar-refractivity contribution in [3.63, 3.8) is 0 Å². The second-order valence-electron chi connectivity index (χ2n) is 16.7. The van der Waals surface area contributed by atoms with Crippen LogP contribution in [0.3, 0.4) is 0 Å². The van der Waals surface area contributed by atoms with Gasteiger partial charge in [-0.05, 0) is 103 Å². The van der Waals surface area contributed by atoms with Crippen molar-refractivity contribution in [2.24, 2.45) is 0 Å². The smallest absolute Gasteiger partial charge is 0.306 e. The molecule has 0 saturated heterocycles. The third kappa shape index (κ3) is 50.7. The van der Waals surface area contributed by atoms with E-state index in [-0.39, 0.29) is 44.0 Å². The Morgan fingerprint density at radius 3 is 1.20 bits per heavy atom. The summed E-state index contributed by atoms with van der Waals surface area (Å²) in [6.45, 7) is 6.35. The van der Waals surface area contributed by atoms with Crippen molar-refractivity contribution < 1.29 is 28.6 Å². The van der Waals surface area contributed by atoms with Crippen LogP contribution in [0.15, 0.2) is 122 Å². The molecule has 6 nitrogen and oxygen atoms in total. The van der Waals surface area contributed by atoms with Crippen LogP contribution in [0.1, 0.15) is 213 Å². The Bertz CT molecular complexity index is 1400. The highest BCUT2D eigenvalue weighted by Gasteiger charge is 2.19. The fourth-order valence-electron chi connectivity index (χ4n) is 6.57. The summed E-state index contributed by atoms with van der Waals surface area (Å²) in [4.78, 5) is 37.9. The first kappa shape index (κ1) is 60.8. The molecular formula is C59H94O6. The number of carbonyl (C=O) groups is 3. The van der Waals surface area contributed by atoms with E-state index in [2.05, 4.69) is 130 Å². The average Bonchev–Trinajstić information content (AvgIpc) is 3.30. The van der Waals surface area contributed by atoms with E-state index in [0.717, 1.165) is 122 Å². The number of carbonyl (C=O) groups excluding carboxylic acids is 3. The van der Waals surface area contributed by atoms with Gasteiger partial charge in [-0.1, -0.05) is 213 Å². The molecule has 0 aromatic rings. The molecule has 0 bridgehead atoms. The highest BCUT2D eigenvalue weighted by molar-refractivity contribution is 5.71. The third-order valence-corrected chi connectivity index (χ3v) is 10.5. The van der Waals surface area contributed by atoms with Crippen LogP contribution in [-0.2, 0) is 28.6 Å². The maximum atomic E-state index is 12.8. The lowest BCUT2D eigenvalue weighted by Crippen LogP contribution is -2.30. The fraction of sp³-hybridized carbons (Fsp3) is 0.610. The molecule has 0 aliphatic carbocycles. The minimum absolute atomic E-state index is 0.119. The van der Waals surface area contributed by atoms with Crippen LogP contribution in [0.5, 0.6) is 0 Å². The second-order valence-corrected chi connectivity index (χ2v) is 16.7. The van der Waals surface area contributed by atoms with E-state index in [1.165, 1.54) is 44.9 Å². The highest BCUT2D eigenvalue weighted by Crippen LogP contribution is 2.12. The maximum absolute atomic E-state index is 12.8. The first-order valence-corrected chi connectivity index (χ1v) is 26.1. The van der Waals surface area contributed by atoms with Gasteiger partial charge in [0.2, 0.25) is 0 Å². The minimum Gasteiger partial charge on any atom is -0.462 e. The van der Waals surface area contributed by atoms with Gasteiger partial charge in [0, 0.05) is 19.3 Å². The van der Waals surface area contributed by atoms with Gasteiger partial charge in [-0.15, -0.1) is 0 Å². The van der Waals surface area contributed by atoms with Crippen LogP contribution in [0, 0.1) is 0 Å². The molecule has 0 radical (unpaired) electrons. The lowest BCUT2D eigenvalue weighted by atomic mass is 10.1. The lowest BCUT2D eigenvalue weighted by molar-refractivity contribution is -0.166. The zero-order valence-electron chi connectivity index (χ0n) is 41.7. The SMILES string of the molecule is CC/C=C\C/C=C\C/C=C\C/C=C\C/C=C\C/C=C\CCC(=O)OCC(COC(=O)CCCCCC/C=C\CCCC)OC(=O)CCCCCCC\C=C/C=C\C=C/CCCCCCC. The van der Waals surface area contributed by atoms with Crippen LogP contribution in [0.25, 0.3) is 0 Å². The quantitative estimate of drug-likeness (QED) is 0.0199. The topological polar surface area (TPSA) is 78.9 Å². The molecule has 0 spiro atoms. The molecule has 0 aromatic carbocycles. The normalized spacial score (nSPS) is 13.1. The summed E-state index contributed by atoms with van der Waals surface area (Å²) in [5.41, 5.74) is 0. The van der Waals surface area contributed by atoms with E-state index < -0.39 is 6.10 Å². The zero-order chi connectivity index (χ0) is 47.2. The molecule has 0 heterocycles. The summed E-state index contributed by atoms with van der Waals surface area (Å²) in [6.07, 6.45) is 71.9. The van der Waals surface area contributed by atoms with E-state index in [0.29, 0.717) is 12.8 Å². The molecule has 0 fully saturated rings. The van der Waals surface area contributed by atoms with Crippen molar-refractivity contribution in [3.8, 4) is 0 Å². The van der Waals surface area contributed by atoms with E-state index in [4.69, 9.17) is 14.2 Å². The van der Waals surface area contributed by atoms with Gasteiger partial charge in [-0.25, -0.2) is 0 Å². The van der Waals surface area contributed by atoms with E-state index in [9.17, 15) is 14.4 Å². The predicted molar refractivity (Wildman–Crippen MR) is 279 cm³/mol. The Kier molecular flexibility index (Phi) is 49.1. The van der Waals surface area contributed by atoms with Gasteiger partial charge in [0.25, 0.3) is 0 Å². The van der Waals surface area contributed by atoms with Gasteiger partial charge in [0.1, 0.15) is 13.2 Å². The maximum Gasteiger partial charge on any atom is 0.306 e. The molecule has 0 aliphatic rings. The monoisotopic (exact) mass is 899 g/mol. The number of hydrogen-bond donors (Lipinski definition) is 0. The molecule has 1 unspecified atom stereocenters.